The predicted octanol–water partition coefficient (Wildman–Crippen LogP) is 3.49. The zero-order chi connectivity index (χ0) is 22.3. The van der Waals surface area contributed by atoms with E-state index in [1.54, 1.807) is 13.8 Å². The first kappa shape index (κ1) is 22.6. The van der Waals surface area contributed by atoms with Crippen molar-refractivity contribution in [2.24, 2.45) is 0 Å². The molecule has 0 N–H and O–H groups in total. The molecule has 0 bridgehead atoms. The van der Waals surface area contributed by atoms with Crippen molar-refractivity contribution in [3.8, 4) is 0 Å². The largest absolute Gasteiger partial charge is 0.417 e. The molecule has 0 fully saturated rings. The normalized spacial score (nSPS) is 14.9. The maximum atomic E-state index is 13.3. The van der Waals surface area contributed by atoms with E-state index in [2.05, 4.69) is 0 Å². The highest BCUT2D eigenvalue weighted by molar-refractivity contribution is 7.93. The molecule has 0 aliphatic carbocycles. The minimum absolute atomic E-state index is 0.0277. The van der Waals surface area contributed by atoms with Crippen LogP contribution in [0.3, 0.4) is 0 Å². The van der Waals surface area contributed by atoms with Gasteiger partial charge in [0.1, 0.15) is 0 Å². The molecule has 0 aromatic heterocycles. The summed E-state index contributed by atoms with van der Waals surface area (Å²) in [5.41, 5.74) is -0.596. The standard InChI is InChI=1S/C19H21F3N2O4S2/c1-3-23(4-2)29(25,26)15-9-10-17-14(13-15)11-12-24(17)30(27,28)18-8-6-5-7-16(18)19(20,21)22/h5-10,13H,3-4,11-12H2,1-2H3. The van der Waals surface area contributed by atoms with E-state index in [9.17, 15) is 30.0 Å². The monoisotopic (exact) mass is 462 g/mol. The minimum atomic E-state index is -4.83. The average molecular weight is 463 g/mol. The zero-order valence-electron chi connectivity index (χ0n) is 16.3. The molecule has 0 saturated carbocycles. The third-order valence-electron chi connectivity index (χ3n) is 5.01. The Hall–Kier alpha value is -2.11. The molecule has 1 aliphatic heterocycles. The smallest absolute Gasteiger partial charge is 0.266 e. The summed E-state index contributed by atoms with van der Waals surface area (Å²) in [6.45, 7) is 3.91. The Morgan fingerprint density at radius 1 is 1.00 bits per heavy atom. The van der Waals surface area contributed by atoms with E-state index >= 15 is 0 Å². The summed E-state index contributed by atoms with van der Waals surface area (Å²) < 4.78 is 93.7. The lowest BCUT2D eigenvalue weighted by atomic mass is 10.2. The molecule has 30 heavy (non-hydrogen) atoms. The number of anilines is 1. The molecule has 0 amide bonds. The summed E-state index contributed by atoms with van der Waals surface area (Å²) >= 11 is 0. The van der Waals surface area contributed by atoms with Crippen LogP contribution < -0.4 is 4.31 Å². The number of rotatable bonds is 6. The van der Waals surface area contributed by atoms with Crippen LogP contribution in [0.5, 0.6) is 0 Å². The number of hydrogen-bond acceptors (Lipinski definition) is 4. The quantitative estimate of drug-likeness (QED) is 0.659. The third kappa shape index (κ3) is 3.81. The molecule has 0 spiro atoms. The van der Waals surface area contributed by atoms with Crippen LogP contribution in [0.1, 0.15) is 25.0 Å². The molecular weight excluding hydrogens is 441 g/mol. The van der Waals surface area contributed by atoms with Gasteiger partial charge in [0, 0.05) is 19.6 Å². The van der Waals surface area contributed by atoms with Crippen molar-refractivity contribution < 1.29 is 30.0 Å². The summed E-state index contributed by atoms with van der Waals surface area (Å²) in [4.78, 5) is -0.801. The predicted molar refractivity (Wildman–Crippen MR) is 106 cm³/mol. The molecule has 1 heterocycles. The van der Waals surface area contributed by atoms with E-state index in [1.807, 2.05) is 0 Å². The summed E-state index contributed by atoms with van der Waals surface area (Å²) in [6, 6.07) is 8.04. The first-order valence-electron chi connectivity index (χ1n) is 9.26. The van der Waals surface area contributed by atoms with Gasteiger partial charge in [-0.25, -0.2) is 16.8 Å². The maximum Gasteiger partial charge on any atom is 0.417 e. The molecular formula is C19H21F3N2O4S2. The van der Waals surface area contributed by atoms with Crippen LogP contribution >= 0.6 is 0 Å². The Balaban J connectivity index is 2.05. The maximum absolute atomic E-state index is 13.3. The van der Waals surface area contributed by atoms with E-state index in [1.165, 1.54) is 28.6 Å². The summed E-state index contributed by atoms with van der Waals surface area (Å²) in [7, 11) is -8.22. The van der Waals surface area contributed by atoms with E-state index in [4.69, 9.17) is 0 Å². The highest BCUT2D eigenvalue weighted by atomic mass is 32.2. The molecule has 2 aromatic carbocycles. The summed E-state index contributed by atoms with van der Waals surface area (Å²) in [5.74, 6) is 0. The van der Waals surface area contributed by atoms with Gasteiger partial charge in [0.2, 0.25) is 10.0 Å². The van der Waals surface area contributed by atoms with Crippen LogP contribution in [0.25, 0.3) is 0 Å². The van der Waals surface area contributed by atoms with Gasteiger partial charge in [0.15, 0.2) is 0 Å². The Morgan fingerprint density at radius 2 is 1.63 bits per heavy atom. The van der Waals surface area contributed by atoms with E-state index in [0.717, 1.165) is 22.5 Å². The molecule has 0 radical (unpaired) electrons. The lowest BCUT2D eigenvalue weighted by molar-refractivity contribution is -0.139. The number of hydrogen-bond donors (Lipinski definition) is 0. The van der Waals surface area contributed by atoms with Gasteiger partial charge in [-0.2, -0.15) is 17.5 Å². The second-order valence-electron chi connectivity index (χ2n) is 6.70. The van der Waals surface area contributed by atoms with Crippen LogP contribution in [0.2, 0.25) is 0 Å². The lowest BCUT2D eigenvalue weighted by Crippen LogP contribution is -2.31. The van der Waals surface area contributed by atoms with Gasteiger partial charge >= 0.3 is 6.18 Å². The van der Waals surface area contributed by atoms with E-state index < -0.39 is 36.7 Å². The van der Waals surface area contributed by atoms with Gasteiger partial charge in [-0.3, -0.25) is 4.31 Å². The highest BCUT2D eigenvalue weighted by Gasteiger charge is 2.40. The Bertz CT molecular complexity index is 1160. The summed E-state index contributed by atoms with van der Waals surface area (Å²) in [5, 5.41) is 0. The topological polar surface area (TPSA) is 74.8 Å². The number of nitrogens with zero attached hydrogens (tertiary/aromatic N) is 2. The Kier molecular flexibility index (Phi) is 5.91. The van der Waals surface area contributed by atoms with Gasteiger partial charge in [0.05, 0.1) is 21.0 Å². The molecule has 0 saturated heterocycles. The second kappa shape index (κ2) is 7.86. The van der Waals surface area contributed by atoms with Crippen LogP contribution in [0.4, 0.5) is 18.9 Å². The third-order valence-corrected chi connectivity index (χ3v) is 8.92. The van der Waals surface area contributed by atoms with Gasteiger partial charge in [-0.15, -0.1) is 0 Å². The van der Waals surface area contributed by atoms with Crippen LogP contribution in [0.15, 0.2) is 52.3 Å². The van der Waals surface area contributed by atoms with Crippen molar-refractivity contribution in [1.29, 1.82) is 0 Å². The Labute approximate surface area is 174 Å². The molecule has 11 heteroatoms. The van der Waals surface area contributed by atoms with E-state index in [0.29, 0.717) is 5.56 Å². The van der Waals surface area contributed by atoms with Crippen LogP contribution in [0, 0.1) is 0 Å². The number of halogens is 3. The fourth-order valence-electron chi connectivity index (χ4n) is 3.52. The molecule has 164 valence electrons. The molecule has 3 rings (SSSR count). The van der Waals surface area contributed by atoms with Gasteiger partial charge < -0.3 is 0 Å². The SMILES string of the molecule is CCN(CC)S(=O)(=O)c1ccc2c(c1)CCN2S(=O)(=O)c1ccccc1C(F)(F)F. The van der Waals surface area contributed by atoms with Crippen molar-refractivity contribution in [1.82, 2.24) is 4.31 Å². The Morgan fingerprint density at radius 3 is 2.23 bits per heavy atom. The number of sulfonamides is 2. The molecule has 0 atom stereocenters. The first-order chi connectivity index (χ1) is 13.9. The fourth-order valence-corrected chi connectivity index (χ4v) is 6.74. The summed E-state index contributed by atoms with van der Waals surface area (Å²) in [6.07, 6.45) is -4.63. The molecule has 1 aliphatic rings. The molecule has 2 aromatic rings. The van der Waals surface area contributed by atoms with Crippen molar-refractivity contribution in [2.45, 2.75) is 36.2 Å². The van der Waals surface area contributed by atoms with Crippen molar-refractivity contribution in [2.75, 3.05) is 23.9 Å². The van der Waals surface area contributed by atoms with Crippen molar-refractivity contribution in [3.63, 3.8) is 0 Å². The number of fused-ring (bicyclic) bond motifs is 1. The van der Waals surface area contributed by atoms with E-state index in [-0.39, 0.29) is 36.6 Å². The van der Waals surface area contributed by atoms with Gasteiger partial charge in [-0.05, 0) is 42.3 Å². The second-order valence-corrected chi connectivity index (χ2v) is 10.5. The van der Waals surface area contributed by atoms with Crippen LogP contribution in [-0.2, 0) is 32.6 Å². The highest BCUT2D eigenvalue weighted by Crippen LogP contribution is 2.39. The first-order valence-corrected chi connectivity index (χ1v) is 12.1. The number of benzene rings is 2. The molecule has 6 nitrogen and oxygen atoms in total. The van der Waals surface area contributed by atoms with Crippen LogP contribution in [-0.4, -0.2) is 40.8 Å². The van der Waals surface area contributed by atoms with Crippen molar-refractivity contribution in [3.05, 3.63) is 53.6 Å². The van der Waals surface area contributed by atoms with Gasteiger partial charge in [0.25, 0.3) is 10.0 Å². The average Bonchev–Trinajstić information content (AvgIpc) is 3.12. The lowest BCUT2D eigenvalue weighted by Gasteiger charge is -2.23. The van der Waals surface area contributed by atoms with Crippen molar-refractivity contribution >= 4 is 25.7 Å². The molecule has 0 unspecified atom stereocenters. The number of alkyl halides is 3. The van der Waals surface area contributed by atoms with Gasteiger partial charge in [-0.1, -0.05) is 26.0 Å². The fraction of sp³-hybridized carbons (Fsp3) is 0.368. The minimum Gasteiger partial charge on any atom is -0.266 e. The zero-order valence-corrected chi connectivity index (χ0v) is 18.0.